The minimum Gasteiger partial charge on any atom is -0.268 e. The Morgan fingerprint density at radius 3 is 2.33 bits per heavy atom. The van der Waals surface area contributed by atoms with Crippen LogP contribution in [0.2, 0.25) is 0 Å². The lowest BCUT2D eigenvalue weighted by Gasteiger charge is -2.16. The highest BCUT2D eigenvalue weighted by molar-refractivity contribution is 8.04. The second-order valence-corrected chi connectivity index (χ2v) is 8.03. The first-order chi connectivity index (χ1) is 11.5. The van der Waals surface area contributed by atoms with Crippen molar-refractivity contribution in [2.45, 2.75) is 26.7 Å². The summed E-state index contributed by atoms with van der Waals surface area (Å²) in [7, 11) is 0. The van der Waals surface area contributed by atoms with E-state index in [1.54, 1.807) is 0 Å². The molecule has 0 unspecified atom stereocenters. The van der Waals surface area contributed by atoms with Crippen molar-refractivity contribution in [1.82, 2.24) is 0 Å². The highest BCUT2D eigenvalue weighted by Gasteiger charge is 2.40. The predicted molar refractivity (Wildman–Crippen MR) is 102 cm³/mol. The molecule has 5 heteroatoms. The van der Waals surface area contributed by atoms with Crippen molar-refractivity contribution in [2.75, 3.05) is 10.7 Å². The van der Waals surface area contributed by atoms with Gasteiger partial charge in [-0.1, -0.05) is 39.0 Å². The van der Waals surface area contributed by atoms with Gasteiger partial charge in [-0.05, 0) is 40.8 Å². The van der Waals surface area contributed by atoms with Crippen LogP contribution < -0.4 is 4.90 Å². The number of nitrogens with zero attached hydrogens (tertiary/aromatic N) is 1. The molecule has 0 saturated heterocycles. The third-order valence-corrected chi connectivity index (χ3v) is 5.76. The molecule has 3 nitrogen and oxygen atoms in total. The first kappa shape index (κ1) is 17.0. The van der Waals surface area contributed by atoms with Crippen molar-refractivity contribution >= 4 is 46.2 Å². The SMILES string of the molecule is CCSC1=C(c2cccs2)C(=O)N(c2ccc(C(C)C)cc2)C1=O. The van der Waals surface area contributed by atoms with E-state index in [4.69, 9.17) is 0 Å². The third-order valence-electron chi connectivity index (χ3n) is 3.92. The van der Waals surface area contributed by atoms with Gasteiger partial charge in [0.2, 0.25) is 0 Å². The van der Waals surface area contributed by atoms with E-state index in [2.05, 4.69) is 13.8 Å². The van der Waals surface area contributed by atoms with Crippen LogP contribution in [-0.2, 0) is 9.59 Å². The Kier molecular flexibility index (Phi) is 4.92. The summed E-state index contributed by atoms with van der Waals surface area (Å²) >= 11 is 2.93. The quantitative estimate of drug-likeness (QED) is 0.714. The molecule has 2 aromatic rings. The van der Waals surface area contributed by atoms with Crippen LogP contribution in [0.3, 0.4) is 0 Å². The number of rotatable bonds is 5. The molecule has 1 aliphatic heterocycles. The Morgan fingerprint density at radius 2 is 1.79 bits per heavy atom. The molecule has 0 radical (unpaired) electrons. The number of benzene rings is 1. The number of imide groups is 1. The number of thiophene rings is 1. The van der Waals surface area contributed by atoms with Crippen LogP contribution in [0.25, 0.3) is 5.57 Å². The van der Waals surface area contributed by atoms with Gasteiger partial charge in [-0.3, -0.25) is 9.59 Å². The van der Waals surface area contributed by atoms with E-state index in [1.807, 2.05) is 48.7 Å². The number of anilines is 1. The summed E-state index contributed by atoms with van der Waals surface area (Å²) in [5.41, 5.74) is 2.36. The molecule has 0 saturated carbocycles. The Bertz CT molecular complexity index is 789. The molecule has 0 N–H and O–H groups in total. The molecular weight excluding hydrogens is 338 g/mol. The molecule has 1 aliphatic rings. The molecule has 0 spiro atoms. The van der Waals surface area contributed by atoms with Crippen LogP contribution in [0, 0.1) is 0 Å². The summed E-state index contributed by atoms with van der Waals surface area (Å²) in [4.78, 5) is 28.5. The second-order valence-electron chi connectivity index (χ2n) is 5.81. The van der Waals surface area contributed by atoms with Crippen LogP contribution in [0.15, 0.2) is 46.7 Å². The topological polar surface area (TPSA) is 37.4 Å². The van der Waals surface area contributed by atoms with Gasteiger partial charge in [-0.15, -0.1) is 23.1 Å². The highest BCUT2D eigenvalue weighted by atomic mass is 32.2. The number of thioether (sulfide) groups is 1. The van der Waals surface area contributed by atoms with Crippen LogP contribution in [0.4, 0.5) is 5.69 Å². The van der Waals surface area contributed by atoms with Crippen LogP contribution >= 0.6 is 23.1 Å². The largest absolute Gasteiger partial charge is 0.272 e. The van der Waals surface area contributed by atoms with Gasteiger partial charge < -0.3 is 0 Å². The molecule has 1 aromatic heterocycles. The average molecular weight is 358 g/mol. The summed E-state index contributed by atoms with van der Waals surface area (Å²) in [5.74, 6) is 0.724. The zero-order chi connectivity index (χ0) is 17.3. The zero-order valence-corrected chi connectivity index (χ0v) is 15.5. The van der Waals surface area contributed by atoms with E-state index in [-0.39, 0.29) is 11.8 Å². The van der Waals surface area contributed by atoms with E-state index < -0.39 is 0 Å². The molecule has 24 heavy (non-hydrogen) atoms. The first-order valence-electron chi connectivity index (χ1n) is 7.94. The summed E-state index contributed by atoms with van der Waals surface area (Å²) in [6.45, 7) is 6.22. The summed E-state index contributed by atoms with van der Waals surface area (Å²) in [6.07, 6.45) is 0. The lowest BCUT2D eigenvalue weighted by molar-refractivity contribution is -0.119. The fourth-order valence-corrected chi connectivity index (χ4v) is 4.35. The maximum Gasteiger partial charge on any atom is 0.272 e. The number of hydrogen-bond donors (Lipinski definition) is 0. The maximum atomic E-state index is 13.0. The fourth-order valence-electron chi connectivity index (χ4n) is 2.67. The average Bonchev–Trinajstić information content (AvgIpc) is 3.16. The minimum atomic E-state index is -0.226. The smallest absolute Gasteiger partial charge is 0.268 e. The molecule has 124 valence electrons. The molecule has 0 aliphatic carbocycles. The lowest BCUT2D eigenvalue weighted by atomic mass is 10.0. The van der Waals surface area contributed by atoms with Crippen molar-refractivity contribution in [3.8, 4) is 0 Å². The number of carbonyl (C=O) groups is 2. The molecule has 3 rings (SSSR count). The van der Waals surface area contributed by atoms with E-state index in [9.17, 15) is 9.59 Å². The van der Waals surface area contributed by atoms with Crippen molar-refractivity contribution in [1.29, 1.82) is 0 Å². The first-order valence-corrected chi connectivity index (χ1v) is 9.80. The van der Waals surface area contributed by atoms with Gasteiger partial charge >= 0.3 is 0 Å². The molecule has 1 aromatic carbocycles. The van der Waals surface area contributed by atoms with Crippen molar-refractivity contribution < 1.29 is 9.59 Å². The standard InChI is InChI=1S/C19H19NO2S2/c1-4-23-17-16(15-6-5-11-24-15)18(21)20(19(17)22)14-9-7-13(8-10-14)12(2)3/h5-12H,4H2,1-3H3. The number of hydrogen-bond acceptors (Lipinski definition) is 4. The van der Waals surface area contributed by atoms with Crippen LogP contribution in [0.1, 0.15) is 37.1 Å². The minimum absolute atomic E-state index is 0.215. The van der Waals surface area contributed by atoms with E-state index in [1.165, 1.54) is 33.6 Å². The monoisotopic (exact) mass is 357 g/mol. The Balaban J connectivity index is 2.00. The molecular formula is C19H19NO2S2. The third kappa shape index (κ3) is 2.94. The van der Waals surface area contributed by atoms with Gasteiger partial charge in [0, 0.05) is 4.88 Å². The Morgan fingerprint density at radius 1 is 1.08 bits per heavy atom. The van der Waals surface area contributed by atoms with Gasteiger partial charge in [0.15, 0.2) is 0 Å². The zero-order valence-electron chi connectivity index (χ0n) is 13.9. The van der Waals surface area contributed by atoms with Crippen molar-refractivity contribution in [3.05, 3.63) is 57.1 Å². The lowest BCUT2D eigenvalue weighted by Crippen LogP contribution is -2.31. The van der Waals surface area contributed by atoms with Gasteiger partial charge in [-0.2, -0.15) is 0 Å². The second kappa shape index (κ2) is 6.95. The van der Waals surface area contributed by atoms with E-state index in [0.717, 1.165) is 10.6 Å². The van der Waals surface area contributed by atoms with E-state index >= 15 is 0 Å². The van der Waals surface area contributed by atoms with Crippen LogP contribution in [-0.4, -0.2) is 17.6 Å². The van der Waals surface area contributed by atoms with Gasteiger partial charge in [-0.25, -0.2) is 4.90 Å². The number of carbonyl (C=O) groups excluding carboxylic acids is 2. The summed E-state index contributed by atoms with van der Waals surface area (Å²) in [5, 5.41) is 1.93. The van der Waals surface area contributed by atoms with E-state index in [0.29, 0.717) is 22.1 Å². The summed E-state index contributed by atoms with van der Waals surface area (Å²) < 4.78 is 0. The van der Waals surface area contributed by atoms with Gasteiger partial charge in [0.1, 0.15) is 0 Å². The predicted octanol–water partition coefficient (Wildman–Crippen LogP) is 4.91. The highest BCUT2D eigenvalue weighted by Crippen LogP contribution is 2.39. The fraction of sp³-hybridized carbons (Fsp3) is 0.263. The van der Waals surface area contributed by atoms with Crippen molar-refractivity contribution in [2.24, 2.45) is 0 Å². The molecule has 0 atom stereocenters. The molecule has 2 amide bonds. The van der Waals surface area contributed by atoms with Gasteiger partial charge in [0.25, 0.3) is 11.8 Å². The van der Waals surface area contributed by atoms with Gasteiger partial charge in [0.05, 0.1) is 16.2 Å². The maximum absolute atomic E-state index is 13.0. The normalized spacial score (nSPS) is 15.1. The molecule has 0 fully saturated rings. The number of amides is 2. The Labute approximate surface area is 150 Å². The Hall–Kier alpha value is -1.85. The summed E-state index contributed by atoms with van der Waals surface area (Å²) in [6, 6.07) is 11.5. The van der Waals surface area contributed by atoms with Crippen molar-refractivity contribution in [3.63, 3.8) is 0 Å². The van der Waals surface area contributed by atoms with Crippen LogP contribution in [0.5, 0.6) is 0 Å². The molecule has 2 heterocycles. The molecule has 0 bridgehead atoms.